The van der Waals surface area contributed by atoms with Gasteiger partial charge in [-0.25, -0.2) is 8.42 Å². The molecule has 0 bridgehead atoms. The minimum atomic E-state index is -3.85. The highest BCUT2D eigenvalue weighted by atomic mass is 35.5. The predicted molar refractivity (Wildman–Crippen MR) is 172 cm³/mol. The average molecular weight is 633 g/mol. The number of hydrogen-bond acceptors (Lipinski definition) is 4. The number of sulfonamides is 1. The zero-order valence-electron chi connectivity index (χ0n) is 24.7. The predicted octanol–water partition coefficient (Wildman–Crippen LogP) is 6.44. The monoisotopic (exact) mass is 631 g/mol. The molecule has 0 radical (unpaired) electrons. The van der Waals surface area contributed by atoms with Crippen LogP contribution in [0.25, 0.3) is 0 Å². The minimum Gasteiger partial charge on any atom is -0.352 e. The first-order chi connectivity index (χ1) is 19.8. The first-order valence-electron chi connectivity index (χ1n) is 14.0. The van der Waals surface area contributed by atoms with E-state index in [1.165, 1.54) is 4.90 Å². The van der Waals surface area contributed by atoms with Crippen LogP contribution in [-0.4, -0.2) is 50.0 Å². The van der Waals surface area contributed by atoms with Gasteiger partial charge in [0.25, 0.3) is 0 Å². The lowest BCUT2D eigenvalue weighted by Crippen LogP contribution is -2.54. The van der Waals surface area contributed by atoms with E-state index in [2.05, 4.69) is 5.32 Å². The SMILES string of the molecule is CCC(C)NC(=O)C(Cc1ccccc1)N(Cc1ccc(Cl)c(Cl)c1)C(=O)CN(c1ccc(C(C)C)cc1)S(C)(=O)=O. The first kappa shape index (κ1) is 33.4. The Bertz CT molecular complexity index is 1460. The number of carbonyl (C=O) groups is 2. The van der Waals surface area contributed by atoms with Gasteiger partial charge in [0.15, 0.2) is 0 Å². The molecule has 1 N–H and O–H groups in total. The molecule has 0 aliphatic carbocycles. The van der Waals surface area contributed by atoms with Crippen LogP contribution in [0, 0.1) is 0 Å². The van der Waals surface area contributed by atoms with Crippen molar-refractivity contribution in [3.8, 4) is 0 Å². The Kier molecular flexibility index (Phi) is 11.9. The highest BCUT2D eigenvalue weighted by Gasteiger charge is 2.33. The number of anilines is 1. The summed E-state index contributed by atoms with van der Waals surface area (Å²) in [5, 5.41) is 3.69. The maximum absolute atomic E-state index is 14.2. The molecule has 0 aliphatic heterocycles. The van der Waals surface area contributed by atoms with E-state index in [0.717, 1.165) is 21.7 Å². The van der Waals surface area contributed by atoms with Gasteiger partial charge in [0, 0.05) is 19.0 Å². The van der Waals surface area contributed by atoms with Crippen molar-refractivity contribution in [2.45, 2.75) is 65.1 Å². The lowest BCUT2D eigenvalue weighted by Gasteiger charge is -2.34. The zero-order chi connectivity index (χ0) is 31.0. The normalized spacial score (nSPS) is 13.0. The molecule has 42 heavy (non-hydrogen) atoms. The quantitative estimate of drug-likeness (QED) is 0.235. The topological polar surface area (TPSA) is 86.8 Å². The van der Waals surface area contributed by atoms with Crippen LogP contribution in [-0.2, 0) is 32.6 Å². The van der Waals surface area contributed by atoms with Crippen molar-refractivity contribution in [3.63, 3.8) is 0 Å². The van der Waals surface area contributed by atoms with Crippen molar-refractivity contribution in [2.75, 3.05) is 17.1 Å². The summed E-state index contributed by atoms with van der Waals surface area (Å²) in [5.74, 6) is -0.592. The highest BCUT2D eigenvalue weighted by Crippen LogP contribution is 2.26. The molecule has 7 nitrogen and oxygen atoms in total. The fourth-order valence-corrected chi connectivity index (χ4v) is 5.64. The zero-order valence-corrected chi connectivity index (χ0v) is 27.0. The van der Waals surface area contributed by atoms with Crippen molar-refractivity contribution in [2.24, 2.45) is 0 Å². The van der Waals surface area contributed by atoms with Crippen LogP contribution in [0.3, 0.4) is 0 Å². The molecule has 2 atom stereocenters. The van der Waals surface area contributed by atoms with Gasteiger partial charge in [-0.3, -0.25) is 13.9 Å². The Hall–Kier alpha value is -3.07. The summed E-state index contributed by atoms with van der Waals surface area (Å²) in [5.41, 5.74) is 2.93. The Morgan fingerprint density at radius 3 is 2.07 bits per heavy atom. The number of benzene rings is 3. The van der Waals surface area contributed by atoms with Crippen LogP contribution in [0.1, 0.15) is 56.7 Å². The summed E-state index contributed by atoms with van der Waals surface area (Å²) in [4.78, 5) is 29.4. The molecule has 3 aromatic rings. The average Bonchev–Trinajstić information content (AvgIpc) is 2.95. The standard InChI is InChI=1S/C32H39Cl2N3O4S/c1-6-23(4)35-32(39)30(19-24-10-8-7-9-11-24)36(20-25-12-17-28(33)29(34)18-25)31(38)21-37(42(5,40)41)27-15-13-26(14-16-27)22(2)3/h7-18,22-23,30H,6,19-21H2,1-5H3,(H,35,39). The van der Waals surface area contributed by atoms with Crippen LogP contribution in [0.5, 0.6) is 0 Å². The number of nitrogens with one attached hydrogen (secondary N) is 1. The highest BCUT2D eigenvalue weighted by molar-refractivity contribution is 7.92. The van der Waals surface area contributed by atoms with Gasteiger partial charge in [-0.05, 0) is 60.2 Å². The van der Waals surface area contributed by atoms with Gasteiger partial charge in [-0.1, -0.05) is 92.5 Å². The van der Waals surface area contributed by atoms with Gasteiger partial charge in [-0.15, -0.1) is 0 Å². The maximum atomic E-state index is 14.2. The second-order valence-corrected chi connectivity index (χ2v) is 13.5. The van der Waals surface area contributed by atoms with Crippen LogP contribution in [0.2, 0.25) is 10.0 Å². The fourth-order valence-electron chi connectivity index (χ4n) is 4.47. The van der Waals surface area contributed by atoms with E-state index in [1.54, 1.807) is 30.3 Å². The fraction of sp³-hybridized carbons (Fsp3) is 0.375. The molecule has 3 rings (SSSR count). The van der Waals surface area contributed by atoms with Crippen LogP contribution < -0.4 is 9.62 Å². The molecule has 0 aliphatic rings. The van der Waals surface area contributed by atoms with Gasteiger partial charge in [0.1, 0.15) is 12.6 Å². The lowest BCUT2D eigenvalue weighted by atomic mass is 10.0. The van der Waals surface area contributed by atoms with Gasteiger partial charge in [-0.2, -0.15) is 0 Å². The Morgan fingerprint density at radius 2 is 1.52 bits per heavy atom. The van der Waals surface area contributed by atoms with Crippen LogP contribution in [0.4, 0.5) is 5.69 Å². The summed E-state index contributed by atoms with van der Waals surface area (Å²) >= 11 is 12.4. The van der Waals surface area contributed by atoms with Crippen molar-refractivity contribution in [1.82, 2.24) is 10.2 Å². The van der Waals surface area contributed by atoms with E-state index < -0.39 is 28.5 Å². The van der Waals surface area contributed by atoms with E-state index in [-0.39, 0.29) is 30.8 Å². The minimum absolute atomic E-state index is 0.0189. The van der Waals surface area contributed by atoms with Crippen molar-refractivity contribution < 1.29 is 18.0 Å². The number of nitrogens with zero attached hydrogens (tertiary/aromatic N) is 2. The third-order valence-corrected chi connectivity index (χ3v) is 9.02. The van der Waals surface area contributed by atoms with Crippen LogP contribution in [0.15, 0.2) is 72.8 Å². The molecule has 226 valence electrons. The molecule has 0 saturated heterocycles. The van der Waals surface area contributed by atoms with Crippen molar-refractivity contribution in [3.05, 3.63) is 99.5 Å². The van der Waals surface area contributed by atoms with E-state index in [0.29, 0.717) is 27.7 Å². The molecule has 0 spiro atoms. The molecule has 0 heterocycles. The second-order valence-electron chi connectivity index (χ2n) is 10.8. The van der Waals surface area contributed by atoms with Gasteiger partial charge < -0.3 is 10.2 Å². The van der Waals surface area contributed by atoms with Gasteiger partial charge >= 0.3 is 0 Å². The number of halogens is 2. The molecular formula is C32H39Cl2N3O4S. The van der Waals surface area contributed by atoms with Crippen molar-refractivity contribution in [1.29, 1.82) is 0 Å². The first-order valence-corrected chi connectivity index (χ1v) is 16.6. The van der Waals surface area contributed by atoms with E-state index in [4.69, 9.17) is 23.2 Å². The second kappa shape index (κ2) is 14.9. The number of carbonyl (C=O) groups excluding carboxylic acids is 2. The lowest BCUT2D eigenvalue weighted by molar-refractivity contribution is -0.140. The summed E-state index contributed by atoms with van der Waals surface area (Å²) in [7, 11) is -3.85. The number of hydrogen-bond donors (Lipinski definition) is 1. The van der Waals surface area contributed by atoms with Crippen molar-refractivity contribution >= 4 is 50.7 Å². The summed E-state index contributed by atoms with van der Waals surface area (Å²) < 4.78 is 27.0. The largest absolute Gasteiger partial charge is 0.352 e. The molecular weight excluding hydrogens is 593 g/mol. The molecule has 2 unspecified atom stereocenters. The molecule has 0 aromatic heterocycles. The molecule has 3 aromatic carbocycles. The Labute approximate surface area is 259 Å². The number of rotatable bonds is 13. The summed E-state index contributed by atoms with van der Waals surface area (Å²) in [6, 6.07) is 20.5. The Balaban J connectivity index is 2.07. The van der Waals surface area contributed by atoms with Gasteiger partial charge in [0.05, 0.1) is 22.0 Å². The molecule has 2 amide bonds. The smallest absolute Gasteiger partial charge is 0.244 e. The van der Waals surface area contributed by atoms with E-state index in [1.807, 2.05) is 70.2 Å². The summed E-state index contributed by atoms with van der Waals surface area (Å²) in [6.45, 7) is 7.49. The van der Waals surface area contributed by atoms with E-state index in [9.17, 15) is 18.0 Å². The molecule has 0 saturated carbocycles. The van der Waals surface area contributed by atoms with Gasteiger partial charge in [0.2, 0.25) is 21.8 Å². The van der Waals surface area contributed by atoms with Crippen LogP contribution >= 0.6 is 23.2 Å². The Morgan fingerprint density at radius 1 is 0.881 bits per heavy atom. The molecule has 0 fully saturated rings. The number of amides is 2. The molecule has 10 heteroatoms. The maximum Gasteiger partial charge on any atom is 0.244 e. The third kappa shape index (κ3) is 9.21. The van der Waals surface area contributed by atoms with E-state index >= 15 is 0 Å². The third-order valence-electron chi connectivity index (χ3n) is 7.14. The summed E-state index contributed by atoms with van der Waals surface area (Å²) in [6.07, 6.45) is 2.01.